The lowest BCUT2D eigenvalue weighted by Gasteiger charge is -2.07. The van der Waals surface area contributed by atoms with Gasteiger partial charge in [-0.2, -0.15) is 0 Å². The quantitative estimate of drug-likeness (QED) is 0.319. The number of hydrogen-bond donors (Lipinski definition) is 0. The van der Waals surface area contributed by atoms with Gasteiger partial charge < -0.3 is 4.42 Å². The molecule has 142 valence electrons. The van der Waals surface area contributed by atoms with Crippen LogP contribution in [0.3, 0.4) is 0 Å². The van der Waals surface area contributed by atoms with E-state index >= 15 is 0 Å². The van der Waals surface area contributed by atoms with Crippen molar-refractivity contribution in [1.29, 1.82) is 0 Å². The highest BCUT2D eigenvalue weighted by molar-refractivity contribution is 6.07. The predicted octanol–water partition coefficient (Wildman–Crippen LogP) is 7.75. The van der Waals surface area contributed by atoms with Crippen LogP contribution in [0.5, 0.6) is 0 Å². The van der Waals surface area contributed by atoms with Crippen LogP contribution in [0.2, 0.25) is 0 Å². The zero-order chi connectivity index (χ0) is 23.4. The largest absolute Gasteiger partial charge is 0.456 e. The van der Waals surface area contributed by atoms with Gasteiger partial charge in [-0.15, -0.1) is 0 Å². The molecule has 0 aliphatic rings. The molecule has 0 spiro atoms. The maximum Gasteiger partial charge on any atom is 0.136 e. The maximum absolute atomic E-state index is 8.31. The molecule has 2 heteroatoms. The van der Waals surface area contributed by atoms with Crippen molar-refractivity contribution >= 4 is 21.9 Å². The van der Waals surface area contributed by atoms with Gasteiger partial charge in [0.2, 0.25) is 0 Å². The van der Waals surface area contributed by atoms with E-state index in [1.165, 1.54) is 0 Å². The van der Waals surface area contributed by atoms with E-state index in [4.69, 9.17) is 9.90 Å². The Balaban J connectivity index is 1.55. The number of benzene rings is 3. The molecule has 2 aromatic heterocycles. The van der Waals surface area contributed by atoms with E-state index in [-0.39, 0.29) is 0 Å². The normalized spacial score (nSPS) is 14.4. The van der Waals surface area contributed by atoms with Crippen molar-refractivity contribution in [3.8, 4) is 22.4 Å². The van der Waals surface area contributed by atoms with Crippen LogP contribution >= 0.6 is 0 Å². The second kappa shape index (κ2) is 6.89. The molecule has 0 unspecified atom stereocenters. The standard InChI is InChI=1S/C27H23NO/c1-17(2)20-12-13-28-25(15-20)22-9-11-26-24(14-22)23-10-8-21(16-27(23)29-26)19-6-4-18(3)5-7-19/h4-17H,1-3H3/i3D3,17D. The van der Waals surface area contributed by atoms with E-state index in [9.17, 15) is 0 Å². The average molecular weight is 382 g/mol. The van der Waals surface area contributed by atoms with Gasteiger partial charge in [-0.05, 0) is 71.9 Å². The molecule has 2 heterocycles. The van der Waals surface area contributed by atoms with Crippen LogP contribution in [-0.2, 0) is 0 Å². The van der Waals surface area contributed by atoms with Crippen molar-refractivity contribution in [2.24, 2.45) is 0 Å². The fourth-order valence-electron chi connectivity index (χ4n) is 3.68. The Morgan fingerprint density at radius 1 is 0.793 bits per heavy atom. The third-order valence-corrected chi connectivity index (χ3v) is 5.32. The summed E-state index contributed by atoms with van der Waals surface area (Å²) in [5.74, 6) is -0.692. The number of furan rings is 1. The Morgan fingerprint density at radius 2 is 1.59 bits per heavy atom. The summed E-state index contributed by atoms with van der Waals surface area (Å²) >= 11 is 0. The molecule has 3 aromatic carbocycles. The van der Waals surface area contributed by atoms with E-state index in [2.05, 4.69) is 11.1 Å². The summed E-state index contributed by atoms with van der Waals surface area (Å²) in [4.78, 5) is 4.52. The number of hydrogen-bond acceptors (Lipinski definition) is 2. The molecule has 0 amide bonds. The van der Waals surface area contributed by atoms with Crippen LogP contribution in [0.25, 0.3) is 44.3 Å². The minimum atomic E-state index is -2.11. The van der Waals surface area contributed by atoms with Gasteiger partial charge in [0.25, 0.3) is 0 Å². The molecule has 0 N–H and O–H groups in total. The van der Waals surface area contributed by atoms with Gasteiger partial charge in [0.15, 0.2) is 0 Å². The molecule has 2 nitrogen and oxygen atoms in total. The van der Waals surface area contributed by atoms with E-state index in [1.807, 2.05) is 68.4 Å². The first kappa shape index (κ1) is 13.7. The van der Waals surface area contributed by atoms with Crippen LogP contribution in [0.1, 0.15) is 36.4 Å². The molecular formula is C27H23NO. The van der Waals surface area contributed by atoms with E-state index < -0.39 is 12.7 Å². The van der Waals surface area contributed by atoms with E-state index in [1.54, 1.807) is 18.3 Å². The summed E-state index contributed by atoms with van der Waals surface area (Å²) in [5.41, 5.74) is 6.51. The Hall–Kier alpha value is -3.39. The lowest BCUT2D eigenvalue weighted by Crippen LogP contribution is -1.90. The molecular weight excluding hydrogens is 354 g/mol. The van der Waals surface area contributed by atoms with Crippen LogP contribution in [-0.4, -0.2) is 4.98 Å². The van der Waals surface area contributed by atoms with Gasteiger partial charge in [-0.3, -0.25) is 4.98 Å². The minimum Gasteiger partial charge on any atom is -0.456 e. The van der Waals surface area contributed by atoms with Gasteiger partial charge in [-0.1, -0.05) is 49.7 Å². The highest BCUT2D eigenvalue weighted by Crippen LogP contribution is 2.34. The highest BCUT2D eigenvalue weighted by Gasteiger charge is 2.11. The second-order valence-corrected chi connectivity index (χ2v) is 7.53. The first-order chi connectivity index (χ1) is 15.6. The summed E-state index contributed by atoms with van der Waals surface area (Å²) in [6, 6.07) is 22.9. The van der Waals surface area contributed by atoms with Crippen molar-refractivity contribution in [3.63, 3.8) is 0 Å². The average Bonchev–Trinajstić information content (AvgIpc) is 3.15. The first-order valence-corrected chi connectivity index (χ1v) is 9.64. The number of rotatable bonds is 3. The van der Waals surface area contributed by atoms with Gasteiger partial charge in [0.05, 0.1) is 5.69 Å². The summed E-state index contributed by atoms with van der Waals surface area (Å²) in [7, 11) is 0. The molecule has 0 bridgehead atoms. The lowest BCUT2D eigenvalue weighted by atomic mass is 10.00. The molecule has 0 radical (unpaired) electrons. The van der Waals surface area contributed by atoms with Crippen molar-refractivity contribution < 1.29 is 9.90 Å². The smallest absolute Gasteiger partial charge is 0.136 e. The SMILES string of the molecule is [2H]C([2H])([2H])c1ccc(-c2ccc3c(c2)oc2ccc(-c4cc(C([2H])(C)C)ccn4)cc23)cc1. The summed E-state index contributed by atoms with van der Waals surface area (Å²) in [6.45, 7) is 1.63. The second-order valence-electron chi connectivity index (χ2n) is 7.53. The van der Waals surface area contributed by atoms with Gasteiger partial charge >= 0.3 is 0 Å². The van der Waals surface area contributed by atoms with E-state index in [0.717, 1.165) is 49.9 Å². The molecule has 0 aliphatic carbocycles. The zero-order valence-electron chi connectivity index (χ0n) is 20.4. The zero-order valence-corrected chi connectivity index (χ0v) is 16.4. The molecule has 0 fully saturated rings. The Labute approximate surface area is 176 Å². The Bertz CT molecular complexity index is 1470. The van der Waals surface area contributed by atoms with Crippen LogP contribution in [0.15, 0.2) is 83.4 Å². The Morgan fingerprint density at radius 3 is 2.38 bits per heavy atom. The summed E-state index contributed by atoms with van der Waals surface area (Å²) in [6.07, 6.45) is 1.75. The van der Waals surface area contributed by atoms with E-state index in [0.29, 0.717) is 5.56 Å². The van der Waals surface area contributed by atoms with Crippen LogP contribution in [0, 0.1) is 6.85 Å². The predicted molar refractivity (Wildman–Crippen MR) is 121 cm³/mol. The van der Waals surface area contributed by atoms with Gasteiger partial charge in [-0.25, -0.2) is 0 Å². The molecule has 0 saturated carbocycles. The number of aromatic nitrogens is 1. The molecule has 5 aromatic rings. The fourth-order valence-corrected chi connectivity index (χ4v) is 3.68. The summed E-state index contributed by atoms with van der Waals surface area (Å²) in [5, 5.41) is 2.01. The Kier molecular flexibility index (Phi) is 3.26. The molecule has 0 aliphatic heterocycles. The number of fused-ring (bicyclic) bond motifs is 3. The topological polar surface area (TPSA) is 26.0 Å². The third-order valence-electron chi connectivity index (χ3n) is 5.32. The first-order valence-electron chi connectivity index (χ1n) is 11.6. The minimum absolute atomic E-state index is 0.329. The third kappa shape index (κ3) is 3.21. The van der Waals surface area contributed by atoms with Gasteiger partial charge in [0.1, 0.15) is 11.2 Å². The van der Waals surface area contributed by atoms with Crippen LogP contribution in [0.4, 0.5) is 0 Å². The number of nitrogens with zero attached hydrogens (tertiary/aromatic N) is 1. The van der Waals surface area contributed by atoms with Crippen molar-refractivity contribution in [1.82, 2.24) is 4.98 Å². The highest BCUT2D eigenvalue weighted by atomic mass is 16.3. The van der Waals surface area contributed by atoms with Crippen molar-refractivity contribution in [2.45, 2.75) is 26.6 Å². The van der Waals surface area contributed by atoms with Gasteiger partial charge in [0, 0.05) is 28.0 Å². The summed E-state index contributed by atoms with van der Waals surface area (Å²) < 4.78 is 37.1. The molecule has 29 heavy (non-hydrogen) atoms. The van der Waals surface area contributed by atoms with Crippen LogP contribution < -0.4 is 0 Å². The van der Waals surface area contributed by atoms with Crippen molar-refractivity contribution in [3.05, 3.63) is 90.1 Å². The fraction of sp³-hybridized carbons (Fsp3) is 0.148. The molecule has 5 rings (SSSR count). The monoisotopic (exact) mass is 381 g/mol. The molecule has 0 atom stereocenters. The number of pyridine rings is 1. The number of aryl methyl sites for hydroxylation is 1. The molecule has 0 saturated heterocycles. The lowest BCUT2D eigenvalue weighted by molar-refractivity contribution is 0.669. The maximum atomic E-state index is 8.31. The van der Waals surface area contributed by atoms with Crippen molar-refractivity contribution in [2.75, 3.05) is 0 Å².